The van der Waals surface area contributed by atoms with E-state index in [4.69, 9.17) is 10.5 Å². The van der Waals surface area contributed by atoms with Crippen molar-refractivity contribution in [1.82, 2.24) is 0 Å². The Morgan fingerprint density at radius 2 is 1.63 bits per heavy atom. The fourth-order valence-corrected chi connectivity index (χ4v) is 1.97. The van der Waals surface area contributed by atoms with E-state index in [1.54, 1.807) is 6.92 Å². The number of nitrogens with one attached hydrogen (secondary N) is 1. The molecule has 0 aliphatic heterocycles. The zero-order valence-electron chi connectivity index (χ0n) is 10.9. The van der Waals surface area contributed by atoms with Gasteiger partial charge in [0, 0.05) is 12.7 Å². The van der Waals surface area contributed by atoms with Gasteiger partial charge in [0.15, 0.2) is 0 Å². The molecule has 3 nitrogen and oxygen atoms in total. The highest BCUT2D eigenvalue weighted by molar-refractivity contribution is 5.89. The third-order valence-corrected chi connectivity index (χ3v) is 3.16. The molecule has 2 aromatic carbocycles. The van der Waals surface area contributed by atoms with Crippen LogP contribution in [0.1, 0.15) is 12.5 Å². The van der Waals surface area contributed by atoms with E-state index >= 15 is 0 Å². The third-order valence-electron chi connectivity index (χ3n) is 3.16. The van der Waals surface area contributed by atoms with Gasteiger partial charge in [-0.1, -0.05) is 18.2 Å². The average Bonchev–Trinajstić information content (AvgIpc) is 2.47. The predicted octanol–water partition coefficient (Wildman–Crippen LogP) is 3.70. The second kappa shape index (κ2) is 5.25. The molecule has 0 aliphatic carbocycles. The summed E-state index contributed by atoms with van der Waals surface area (Å²) < 4.78 is 0. The molecule has 0 aromatic heterocycles. The predicted molar refractivity (Wildman–Crippen MR) is 77.3 cm³/mol. The monoisotopic (exact) mass is 247 g/mol. The SMILES string of the molecule is CNc1ccc2cc(C(C)=C(C#N)C#N)ccc2c1. The molecule has 2 aromatic rings. The summed E-state index contributed by atoms with van der Waals surface area (Å²) in [4.78, 5) is 0. The minimum absolute atomic E-state index is 0.159. The maximum absolute atomic E-state index is 8.90. The van der Waals surface area contributed by atoms with E-state index < -0.39 is 0 Å². The Bertz CT molecular complexity index is 727. The molecule has 0 atom stereocenters. The summed E-state index contributed by atoms with van der Waals surface area (Å²) in [6.45, 7) is 1.80. The van der Waals surface area contributed by atoms with Gasteiger partial charge in [0.2, 0.25) is 0 Å². The standard InChI is InChI=1S/C16H13N3/c1-11(15(9-17)10-18)12-3-4-14-8-16(19-2)6-5-13(14)7-12/h3-8,19H,1-2H3. The number of hydrogen-bond acceptors (Lipinski definition) is 3. The van der Waals surface area contributed by atoms with Crippen LogP contribution in [0.25, 0.3) is 16.3 Å². The van der Waals surface area contributed by atoms with Crippen LogP contribution >= 0.6 is 0 Å². The number of rotatable bonds is 2. The van der Waals surface area contributed by atoms with Crippen LogP contribution in [-0.4, -0.2) is 7.05 Å². The first-order valence-electron chi connectivity index (χ1n) is 5.92. The van der Waals surface area contributed by atoms with Crippen LogP contribution in [0.4, 0.5) is 5.69 Å². The van der Waals surface area contributed by atoms with Gasteiger partial charge in [0.05, 0.1) is 0 Å². The zero-order chi connectivity index (χ0) is 13.8. The molecular weight excluding hydrogens is 234 g/mol. The summed E-state index contributed by atoms with van der Waals surface area (Å²) in [5, 5.41) is 23.1. The summed E-state index contributed by atoms with van der Waals surface area (Å²) in [5.41, 5.74) is 2.83. The number of allylic oxidation sites excluding steroid dienone is 2. The lowest BCUT2D eigenvalue weighted by molar-refractivity contribution is 1.45. The van der Waals surface area contributed by atoms with Crippen molar-refractivity contribution in [2.75, 3.05) is 12.4 Å². The van der Waals surface area contributed by atoms with Gasteiger partial charge in [-0.25, -0.2) is 0 Å². The Morgan fingerprint density at radius 1 is 1.00 bits per heavy atom. The molecule has 0 unspecified atom stereocenters. The second-order valence-electron chi connectivity index (χ2n) is 4.25. The Balaban J connectivity index is 2.58. The average molecular weight is 247 g/mol. The van der Waals surface area contributed by atoms with E-state index in [9.17, 15) is 0 Å². The molecule has 0 spiro atoms. The van der Waals surface area contributed by atoms with Crippen molar-refractivity contribution < 1.29 is 0 Å². The van der Waals surface area contributed by atoms with Gasteiger partial charge < -0.3 is 5.32 Å². The van der Waals surface area contributed by atoms with Gasteiger partial charge in [0.25, 0.3) is 0 Å². The molecule has 0 aliphatic rings. The van der Waals surface area contributed by atoms with Crippen LogP contribution < -0.4 is 5.32 Å². The molecule has 92 valence electrons. The molecule has 0 amide bonds. The quantitative estimate of drug-likeness (QED) is 0.823. The molecule has 1 N–H and O–H groups in total. The lowest BCUT2D eigenvalue weighted by Gasteiger charge is -2.06. The number of benzene rings is 2. The normalized spacial score (nSPS) is 9.47. The van der Waals surface area contributed by atoms with E-state index in [-0.39, 0.29) is 5.57 Å². The lowest BCUT2D eigenvalue weighted by Crippen LogP contribution is -1.88. The Hall–Kier alpha value is -2.78. The third kappa shape index (κ3) is 2.41. The van der Waals surface area contributed by atoms with Crippen molar-refractivity contribution in [2.24, 2.45) is 0 Å². The number of nitriles is 2. The van der Waals surface area contributed by atoms with Crippen molar-refractivity contribution in [3.63, 3.8) is 0 Å². The summed E-state index contributed by atoms with van der Waals surface area (Å²) >= 11 is 0. The van der Waals surface area contributed by atoms with E-state index in [0.717, 1.165) is 22.0 Å². The zero-order valence-corrected chi connectivity index (χ0v) is 10.9. The highest BCUT2D eigenvalue weighted by atomic mass is 14.8. The summed E-state index contributed by atoms with van der Waals surface area (Å²) in [6.07, 6.45) is 0. The van der Waals surface area contributed by atoms with E-state index in [2.05, 4.69) is 11.4 Å². The Kier molecular flexibility index (Phi) is 3.50. The van der Waals surface area contributed by atoms with Crippen molar-refractivity contribution in [2.45, 2.75) is 6.92 Å². The van der Waals surface area contributed by atoms with Crippen molar-refractivity contribution in [3.8, 4) is 12.1 Å². The first kappa shape index (κ1) is 12.7. The summed E-state index contributed by atoms with van der Waals surface area (Å²) in [6, 6.07) is 15.9. The van der Waals surface area contributed by atoms with Crippen LogP contribution in [0.2, 0.25) is 0 Å². The van der Waals surface area contributed by atoms with Crippen molar-refractivity contribution in [3.05, 3.63) is 47.5 Å². The highest BCUT2D eigenvalue weighted by Gasteiger charge is 2.05. The van der Waals surface area contributed by atoms with Crippen molar-refractivity contribution in [1.29, 1.82) is 10.5 Å². The Labute approximate surface area is 112 Å². The smallest absolute Gasteiger partial charge is 0.133 e. The molecule has 0 bridgehead atoms. The van der Waals surface area contributed by atoms with Crippen LogP contribution in [-0.2, 0) is 0 Å². The van der Waals surface area contributed by atoms with Gasteiger partial charge in [-0.2, -0.15) is 10.5 Å². The second-order valence-corrected chi connectivity index (χ2v) is 4.25. The Morgan fingerprint density at radius 3 is 2.26 bits per heavy atom. The number of nitrogens with zero attached hydrogens (tertiary/aromatic N) is 2. The van der Waals surface area contributed by atoms with Crippen molar-refractivity contribution >= 4 is 22.0 Å². The summed E-state index contributed by atoms with van der Waals surface area (Å²) in [5.74, 6) is 0. The van der Waals surface area contributed by atoms with Crippen LogP contribution in [0.3, 0.4) is 0 Å². The fraction of sp³-hybridized carbons (Fsp3) is 0.125. The molecular formula is C16H13N3. The largest absolute Gasteiger partial charge is 0.388 e. The molecule has 3 heteroatoms. The van der Waals surface area contributed by atoms with Gasteiger partial charge in [-0.3, -0.25) is 0 Å². The highest BCUT2D eigenvalue weighted by Crippen LogP contribution is 2.25. The topological polar surface area (TPSA) is 59.6 Å². The van der Waals surface area contributed by atoms with Crippen LogP contribution in [0.15, 0.2) is 42.0 Å². The molecule has 0 heterocycles. The first-order chi connectivity index (χ1) is 9.19. The molecule has 0 radical (unpaired) electrons. The fourth-order valence-electron chi connectivity index (χ4n) is 1.97. The maximum atomic E-state index is 8.90. The van der Waals surface area contributed by atoms with Gasteiger partial charge in [0.1, 0.15) is 17.7 Å². The molecule has 2 rings (SSSR count). The maximum Gasteiger partial charge on any atom is 0.133 e. The number of hydrogen-bond donors (Lipinski definition) is 1. The molecule has 0 fully saturated rings. The minimum atomic E-state index is 0.159. The molecule has 19 heavy (non-hydrogen) atoms. The number of fused-ring (bicyclic) bond motifs is 1. The lowest BCUT2D eigenvalue weighted by atomic mass is 9.99. The molecule has 0 saturated heterocycles. The van der Waals surface area contributed by atoms with E-state index in [1.807, 2.05) is 49.5 Å². The van der Waals surface area contributed by atoms with Gasteiger partial charge in [-0.05, 0) is 47.0 Å². The van der Waals surface area contributed by atoms with Gasteiger partial charge >= 0.3 is 0 Å². The summed E-state index contributed by atoms with van der Waals surface area (Å²) in [7, 11) is 1.88. The minimum Gasteiger partial charge on any atom is -0.388 e. The van der Waals surface area contributed by atoms with Crippen LogP contribution in [0.5, 0.6) is 0 Å². The van der Waals surface area contributed by atoms with Gasteiger partial charge in [-0.15, -0.1) is 0 Å². The van der Waals surface area contributed by atoms with E-state index in [1.165, 1.54) is 0 Å². The molecule has 0 saturated carbocycles. The number of anilines is 1. The van der Waals surface area contributed by atoms with E-state index in [0.29, 0.717) is 5.57 Å². The first-order valence-corrected chi connectivity index (χ1v) is 5.92. The van der Waals surface area contributed by atoms with Crippen LogP contribution in [0, 0.1) is 22.7 Å².